The molecule has 0 atom stereocenters. The number of H-pyrrole nitrogens is 1. The number of fused-ring (bicyclic) bond motifs is 1. The molecule has 3 aromatic rings. The number of hydrogen-bond acceptors (Lipinski definition) is 6. The van der Waals surface area contributed by atoms with Crippen molar-refractivity contribution < 1.29 is 4.79 Å². The van der Waals surface area contributed by atoms with Gasteiger partial charge in [-0.3, -0.25) is 10.1 Å². The lowest BCUT2D eigenvalue weighted by Crippen LogP contribution is -2.13. The molecule has 2 N–H and O–H groups in total. The van der Waals surface area contributed by atoms with Crippen molar-refractivity contribution in [2.24, 2.45) is 0 Å². The Balaban J connectivity index is 1.89. The highest BCUT2D eigenvalue weighted by molar-refractivity contribution is 7.22. The first-order valence-electron chi connectivity index (χ1n) is 5.14. The largest absolute Gasteiger partial charge is 0.299 e. The summed E-state index contributed by atoms with van der Waals surface area (Å²) in [6, 6.07) is 5.93. The van der Waals surface area contributed by atoms with Crippen LogP contribution in [0, 0.1) is 6.92 Å². The van der Waals surface area contributed by atoms with Crippen LogP contribution in [0.1, 0.15) is 16.2 Å². The third-order valence-corrected chi connectivity index (χ3v) is 3.25. The minimum Gasteiger partial charge on any atom is -0.295 e. The average Bonchev–Trinajstić information content (AvgIpc) is 2.95. The van der Waals surface area contributed by atoms with Gasteiger partial charge in [-0.05, 0) is 29.8 Å². The summed E-state index contributed by atoms with van der Waals surface area (Å²) in [4.78, 5) is 16.0. The van der Waals surface area contributed by atoms with E-state index in [2.05, 4.69) is 30.9 Å². The topological polar surface area (TPSA) is 96.5 Å². The van der Waals surface area contributed by atoms with Crippen molar-refractivity contribution >= 4 is 32.6 Å². The molecule has 0 aliphatic carbocycles. The molecular formula is C10H8N6OS. The fourth-order valence-corrected chi connectivity index (χ4v) is 2.46. The van der Waals surface area contributed by atoms with Crippen LogP contribution in [0.25, 0.3) is 10.2 Å². The Hall–Kier alpha value is -2.35. The molecule has 0 aliphatic rings. The molecule has 0 fully saturated rings. The highest BCUT2D eigenvalue weighted by Gasteiger charge is 2.13. The number of rotatable bonds is 2. The fourth-order valence-electron chi connectivity index (χ4n) is 1.50. The van der Waals surface area contributed by atoms with E-state index in [0.29, 0.717) is 5.13 Å². The number of aromatic amines is 1. The Labute approximate surface area is 105 Å². The summed E-state index contributed by atoms with van der Waals surface area (Å²) in [5, 5.41) is 15.9. The van der Waals surface area contributed by atoms with Crippen LogP contribution >= 0.6 is 11.3 Å². The molecule has 1 aromatic carbocycles. The molecule has 0 spiro atoms. The minimum atomic E-state index is -0.431. The van der Waals surface area contributed by atoms with E-state index in [1.54, 1.807) is 0 Å². The van der Waals surface area contributed by atoms with Gasteiger partial charge in [0.2, 0.25) is 0 Å². The lowest BCUT2D eigenvalue weighted by Gasteiger charge is -1.94. The summed E-state index contributed by atoms with van der Waals surface area (Å²) in [6.45, 7) is 2.01. The second-order valence-electron chi connectivity index (χ2n) is 3.68. The second-order valence-corrected chi connectivity index (χ2v) is 4.71. The number of amides is 1. The van der Waals surface area contributed by atoms with E-state index in [9.17, 15) is 4.79 Å². The third-order valence-electron chi connectivity index (χ3n) is 2.31. The van der Waals surface area contributed by atoms with Gasteiger partial charge in [-0.2, -0.15) is 5.21 Å². The first-order chi connectivity index (χ1) is 8.72. The van der Waals surface area contributed by atoms with Gasteiger partial charge in [-0.25, -0.2) is 4.98 Å². The van der Waals surface area contributed by atoms with Gasteiger partial charge in [0.15, 0.2) is 5.13 Å². The molecular weight excluding hydrogens is 252 g/mol. The molecule has 0 aliphatic heterocycles. The number of nitrogens with zero attached hydrogens (tertiary/aromatic N) is 4. The molecule has 2 heterocycles. The molecule has 18 heavy (non-hydrogen) atoms. The summed E-state index contributed by atoms with van der Waals surface area (Å²) in [5.41, 5.74) is 2.01. The number of carbonyl (C=O) groups is 1. The number of aryl methyl sites for hydroxylation is 1. The molecule has 8 heteroatoms. The van der Waals surface area contributed by atoms with Gasteiger partial charge >= 0.3 is 0 Å². The number of aromatic nitrogens is 5. The van der Waals surface area contributed by atoms with E-state index in [1.807, 2.05) is 25.1 Å². The molecule has 1 amide bonds. The van der Waals surface area contributed by atoms with E-state index in [-0.39, 0.29) is 5.82 Å². The molecule has 2 aromatic heterocycles. The number of anilines is 1. The Bertz CT molecular complexity index is 704. The molecule has 0 saturated heterocycles. The van der Waals surface area contributed by atoms with Gasteiger partial charge in [0.1, 0.15) is 0 Å². The molecule has 90 valence electrons. The van der Waals surface area contributed by atoms with E-state index < -0.39 is 5.91 Å². The third kappa shape index (κ3) is 1.93. The SMILES string of the molecule is Cc1ccc2nc(NC(=O)c3nn[nH]n3)sc2c1. The molecule has 7 nitrogen and oxygen atoms in total. The predicted molar refractivity (Wildman–Crippen MR) is 66.5 cm³/mol. The van der Waals surface area contributed by atoms with Gasteiger partial charge in [-0.15, -0.1) is 10.2 Å². The Morgan fingerprint density at radius 2 is 2.33 bits per heavy atom. The minimum absolute atomic E-state index is 0.00885. The first kappa shape index (κ1) is 10.8. The second kappa shape index (κ2) is 4.15. The van der Waals surface area contributed by atoms with Crippen LogP contribution in [0.5, 0.6) is 0 Å². The van der Waals surface area contributed by atoms with Gasteiger partial charge < -0.3 is 0 Å². The van der Waals surface area contributed by atoms with Gasteiger partial charge in [0.25, 0.3) is 11.7 Å². The zero-order valence-electron chi connectivity index (χ0n) is 9.34. The maximum atomic E-state index is 11.7. The van der Waals surface area contributed by atoms with E-state index in [0.717, 1.165) is 15.8 Å². The highest BCUT2D eigenvalue weighted by Crippen LogP contribution is 2.26. The number of hydrogen-bond donors (Lipinski definition) is 2. The van der Waals surface area contributed by atoms with Crippen molar-refractivity contribution in [2.45, 2.75) is 6.92 Å². The standard InChI is InChI=1S/C10H8N6OS/c1-5-2-3-6-7(4-5)18-10(11-6)12-9(17)8-13-15-16-14-8/h2-4H,1H3,(H,11,12,17)(H,13,14,15,16). The van der Waals surface area contributed by atoms with Crippen LogP contribution in [-0.4, -0.2) is 31.5 Å². The Morgan fingerprint density at radius 3 is 3.11 bits per heavy atom. The average molecular weight is 260 g/mol. The van der Waals surface area contributed by atoms with Crippen molar-refractivity contribution in [1.29, 1.82) is 0 Å². The summed E-state index contributed by atoms with van der Waals surface area (Å²) in [6.07, 6.45) is 0. The fraction of sp³-hybridized carbons (Fsp3) is 0.100. The van der Waals surface area contributed by atoms with E-state index in [4.69, 9.17) is 0 Å². The number of thiazole rings is 1. The predicted octanol–water partition coefficient (Wildman–Crippen LogP) is 1.37. The quantitative estimate of drug-likeness (QED) is 0.725. The maximum absolute atomic E-state index is 11.7. The van der Waals surface area contributed by atoms with Crippen molar-refractivity contribution in [3.8, 4) is 0 Å². The molecule has 0 radical (unpaired) electrons. The maximum Gasteiger partial charge on any atom is 0.299 e. The van der Waals surface area contributed by atoms with Gasteiger partial charge in [-0.1, -0.05) is 17.4 Å². The summed E-state index contributed by atoms with van der Waals surface area (Å²) in [7, 11) is 0. The van der Waals surface area contributed by atoms with E-state index in [1.165, 1.54) is 11.3 Å². The summed E-state index contributed by atoms with van der Waals surface area (Å²) < 4.78 is 1.03. The first-order valence-corrected chi connectivity index (χ1v) is 5.96. The van der Waals surface area contributed by atoms with Crippen molar-refractivity contribution in [1.82, 2.24) is 25.6 Å². The zero-order valence-corrected chi connectivity index (χ0v) is 10.2. The number of tetrazole rings is 1. The lowest BCUT2D eigenvalue weighted by atomic mass is 10.2. The molecule has 0 bridgehead atoms. The van der Waals surface area contributed by atoms with Crippen LogP contribution in [-0.2, 0) is 0 Å². The monoisotopic (exact) mass is 260 g/mol. The van der Waals surface area contributed by atoms with Crippen molar-refractivity contribution in [3.05, 3.63) is 29.6 Å². The van der Waals surface area contributed by atoms with E-state index >= 15 is 0 Å². The van der Waals surface area contributed by atoms with Crippen LogP contribution in [0.15, 0.2) is 18.2 Å². The van der Waals surface area contributed by atoms with Crippen molar-refractivity contribution in [3.63, 3.8) is 0 Å². The Kier molecular flexibility index (Phi) is 2.49. The lowest BCUT2D eigenvalue weighted by molar-refractivity contribution is 0.101. The number of carbonyl (C=O) groups excluding carboxylic acids is 1. The van der Waals surface area contributed by atoms with Crippen LogP contribution in [0.3, 0.4) is 0 Å². The summed E-state index contributed by atoms with van der Waals surface area (Å²) >= 11 is 1.41. The smallest absolute Gasteiger partial charge is 0.295 e. The molecule has 3 rings (SSSR count). The van der Waals surface area contributed by atoms with Crippen LogP contribution in [0.4, 0.5) is 5.13 Å². The van der Waals surface area contributed by atoms with Gasteiger partial charge in [0.05, 0.1) is 10.2 Å². The number of nitrogens with one attached hydrogen (secondary N) is 2. The molecule has 0 saturated carbocycles. The van der Waals surface area contributed by atoms with Crippen LogP contribution < -0.4 is 5.32 Å². The normalized spacial score (nSPS) is 10.7. The Morgan fingerprint density at radius 1 is 1.44 bits per heavy atom. The van der Waals surface area contributed by atoms with Crippen LogP contribution in [0.2, 0.25) is 0 Å². The van der Waals surface area contributed by atoms with Gasteiger partial charge in [0, 0.05) is 0 Å². The van der Waals surface area contributed by atoms with Crippen molar-refractivity contribution in [2.75, 3.05) is 5.32 Å². The zero-order chi connectivity index (χ0) is 12.5. The number of benzene rings is 1. The summed E-state index contributed by atoms with van der Waals surface area (Å²) in [5.74, 6) is -0.440. The molecule has 0 unspecified atom stereocenters. The highest BCUT2D eigenvalue weighted by atomic mass is 32.1.